The van der Waals surface area contributed by atoms with Crippen LogP contribution in [0.3, 0.4) is 0 Å². The first kappa shape index (κ1) is 18.8. The minimum absolute atomic E-state index is 0.123. The molecule has 2 amide bonds. The van der Waals surface area contributed by atoms with E-state index in [2.05, 4.69) is 20.0 Å². The Balaban J connectivity index is 1.75. The Bertz CT molecular complexity index is 923. The van der Waals surface area contributed by atoms with Gasteiger partial charge in [0.05, 0.1) is 4.90 Å². The van der Waals surface area contributed by atoms with Crippen LogP contribution in [0.1, 0.15) is 11.4 Å². The largest absolute Gasteiger partial charge is 0.351 e. The van der Waals surface area contributed by atoms with E-state index in [9.17, 15) is 18.7 Å². The summed E-state index contributed by atoms with van der Waals surface area (Å²) in [6, 6.07) is 7.92. The third-order valence-electron chi connectivity index (χ3n) is 3.81. The van der Waals surface area contributed by atoms with E-state index in [1.54, 1.807) is 32.0 Å². The molecule has 3 rings (SSSR count). The molecule has 1 aromatic carbocycles. The molecule has 9 nitrogen and oxygen atoms in total. The molecule has 2 aromatic rings. The molecule has 1 aliphatic rings. The van der Waals surface area contributed by atoms with Crippen molar-refractivity contribution in [2.75, 3.05) is 17.1 Å². The first-order valence-electron chi connectivity index (χ1n) is 7.95. The molecule has 0 saturated carbocycles. The molecule has 0 fully saturated rings. The number of aryl methyl sites for hydroxylation is 2. The van der Waals surface area contributed by atoms with Crippen LogP contribution in [0, 0.1) is 13.8 Å². The number of aromatic nitrogens is 2. The first-order valence-corrected chi connectivity index (χ1v) is 9.49. The standard InChI is InChI=1S/C17H19N5O4S/c1-10-8-11(2)19-17(18-10)21-27(25,26)13-6-4-12(5-7-13)20-14-9-15(23)22(3)16(14)24/h4-9,20,25-26H,1-3H3,(H,18,19,21). The van der Waals surface area contributed by atoms with Gasteiger partial charge in [0, 0.05) is 30.2 Å². The maximum Gasteiger partial charge on any atom is 0.277 e. The molecule has 0 aliphatic carbocycles. The van der Waals surface area contributed by atoms with Crippen LogP contribution in [0.5, 0.6) is 0 Å². The van der Waals surface area contributed by atoms with Gasteiger partial charge in [-0.1, -0.05) is 10.8 Å². The van der Waals surface area contributed by atoms with Crippen LogP contribution in [-0.4, -0.2) is 42.8 Å². The number of anilines is 2. The summed E-state index contributed by atoms with van der Waals surface area (Å²) in [5.74, 6) is -0.703. The van der Waals surface area contributed by atoms with E-state index in [4.69, 9.17) is 0 Å². The van der Waals surface area contributed by atoms with E-state index < -0.39 is 22.6 Å². The summed E-state index contributed by atoms with van der Waals surface area (Å²) in [7, 11) is -1.97. The number of benzene rings is 1. The van der Waals surface area contributed by atoms with Crippen LogP contribution in [0.25, 0.3) is 0 Å². The fraction of sp³-hybridized carbons (Fsp3) is 0.176. The zero-order valence-corrected chi connectivity index (χ0v) is 15.7. The Morgan fingerprint density at radius 2 is 1.63 bits per heavy atom. The van der Waals surface area contributed by atoms with Crippen LogP contribution in [0.2, 0.25) is 0 Å². The molecular formula is C17H19N5O4S. The molecule has 2 heterocycles. The van der Waals surface area contributed by atoms with E-state index in [1.165, 1.54) is 25.3 Å². The SMILES string of the molecule is Cc1cc(C)nc(NS(O)(O)c2ccc(NC3=CC(=O)N(C)C3=O)cc2)n1. The number of imide groups is 1. The van der Waals surface area contributed by atoms with E-state index >= 15 is 0 Å². The number of nitrogens with zero attached hydrogens (tertiary/aromatic N) is 3. The summed E-state index contributed by atoms with van der Waals surface area (Å²) >= 11 is 0. The lowest BCUT2D eigenvalue weighted by Crippen LogP contribution is -2.27. The fourth-order valence-corrected chi connectivity index (χ4v) is 3.47. The maximum atomic E-state index is 11.9. The average Bonchev–Trinajstić information content (AvgIpc) is 2.81. The highest BCUT2D eigenvalue weighted by Crippen LogP contribution is 2.47. The van der Waals surface area contributed by atoms with Gasteiger partial charge in [0.15, 0.2) is 0 Å². The number of nitrogens with one attached hydrogen (secondary N) is 2. The van der Waals surface area contributed by atoms with Crippen LogP contribution in [0.4, 0.5) is 11.6 Å². The molecule has 0 radical (unpaired) electrons. The van der Waals surface area contributed by atoms with Gasteiger partial charge in [0.1, 0.15) is 5.70 Å². The van der Waals surface area contributed by atoms with Crippen LogP contribution >= 0.6 is 10.8 Å². The number of hydrogen-bond donors (Lipinski definition) is 4. The summed E-state index contributed by atoms with van der Waals surface area (Å²) in [4.78, 5) is 32.9. The van der Waals surface area contributed by atoms with Crippen molar-refractivity contribution in [3.05, 3.63) is 53.5 Å². The molecule has 10 heteroatoms. The van der Waals surface area contributed by atoms with Gasteiger partial charge < -0.3 is 5.32 Å². The van der Waals surface area contributed by atoms with Gasteiger partial charge in [0.2, 0.25) is 5.95 Å². The van der Waals surface area contributed by atoms with Crippen LogP contribution < -0.4 is 10.0 Å². The third-order valence-corrected chi connectivity index (χ3v) is 5.21. The van der Waals surface area contributed by atoms with Gasteiger partial charge in [-0.25, -0.2) is 14.7 Å². The van der Waals surface area contributed by atoms with Gasteiger partial charge >= 0.3 is 0 Å². The van der Waals surface area contributed by atoms with Crippen molar-refractivity contribution in [3.8, 4) is 0 Å². The second kappa shape index (κ2) is 6.99. The van der Waals surface area contributed by atoms with Gasteiger partial charge in [-0.15, -0.1) is 0 Å². The van der Waals surface area contributed by atoms with Crippen molar-refractivity contribution in [2.24, 2.45) is 0 Å². The second-order valence-electron chi connectivity index (χ2n) is 6.04. The van der Waals surface area contributed by atoms with Gasteiger partial charge in [-0.3, -0.25) is 23.6 Å². The quantitative estimate of drug-likeness (QED) is 0.575. The monoisotopic (exact) mass is 389 g/mol. The molecule has 0 spiro atoms. The average molecular weight is 389 g/mol. The molecule has 1 aliphatic heterocycles. The van der Waals surface area contributed by atoms with E-state index in [-0.39, 0.29) is 16.5 Å². The fourth-order valence-electron chi connectivity index (χ4n) is 2.49. The number of rotatable bonds is 5. The van der Waals surface area contributed by atoms with Gasteiger partial charge in [-0.05, 0) is 44.2 Å². The Kier molecular flexibility index (Phi) is 4.87. The minimum atomic E-state index is -3.37. The zero-order chi connectivity index (χ0) is 19.8. The number of carbonyl (C=O) groups is 2. The normalized spacial score (nSPS) is 15.0. The molecule has 27 heavy (non-hydrogen) atoms. The van der Waals surface area contributed by atoms with Crippen LogP contribution in [0.15, 0.2) is 47.0 Å². The third kappa shape index (κ3) is 4.08. The Labute approximate surface area is 157 Å². The Morgan fingerprint density at radius 1 is 1.04 bits per heavy atom. The summed E-state index contributed by atoms with van der Waals surface area (Å²) < 4.78 is 23.4. The number of carbonyl (C=O) groups excluding carboxylic acids is 2. The van der Waals surface area contributed by atoms with Crippen molar-refractivity contribution in [1.29, 1.82) is 0 Å². The maximum absolute atomic E-state index is 11.9. The molecular weight excluding hydrogens is 370 g/mol. The van der Waals surface area contributed by atoms with Gasteiger partial charge in [-0.2, -0.15) is 0 Å². The molecule has 0 atom stereocenters. The molecule has 142 valence electrons. The number of amides is 2. The van der Waals surface area contributed by atoms with Crippen molar-refractivity contribution in [1.82, 2.24) is 14.9 Å². The highest BCUT2D eigenvalue weighted by molar-refractivity contribution is 8.25. The summed E-state index contributed by atoms with van der Waals surface area (Å²) in [5.41, 5.74) is 2.09. The molecule has 0 saturated heterocycles. The topological polar surface area (TPSA) is 128 Å². The summed E-state index contributed by atoms with van der Waals surface area (Å²) in [6.45, 7) is 3.57. The lowest BCUT2D eigenvalue weighted by atomic mass is 10.3. The smallest absolute Gasteiger partial charge is 0.277 e. The van der Waals surface area contributed by atoms with E-state index in [0.717, 1.165) is 4.90 Å². The predicted molar refractivity (Wildman–Crippen MR) is 102 cm³/mol. The Hall–Kier alpha value is -2.95. The molecule has 1 aromatic heterocycles. The highest BCUT2D eigenvalue weighted by atomic mass is 32.3. The van der Waals surface area contributed by atoms with Crippen LogP contribution in [-0.2, 0) is 9.59 Å². The molecule has 0 bridgehead atoms. The van der Waals surface area contributed by atoms with Crippen molar-refractivity contribution in [2.45, 2.75) is 18.7 Å². The number of likely N-dealkylation sites (N-methyl/N-ethyl adjacent to an activating group) is 1. The minimum Gasteiger partial charge on any atom is -0.351 e. The lowest BCUT2D eigenvalue weighted by molar-refractivity contribution is -0.135. The molecule has 4 N–H and O–H groups in total. The van der Waals surface area contributed by atoms with Crippen molar-refractivity contribution < 1.29 is 18.7 Å². The number of hydrogen-bond acceptors (Lipinski definition) is 8. The van der Waals surface area contributed by atoms with Gasteiger partial charge in [0.25, 0.3) is 11.8 Å². The lowest BCUT2D eigenvalue weighted by Gasteiger charge is -2.32. The summed E-state index contributed by atoms with van der Waals surface area (Å²) in [6.07, 6.45) is 1.21. The van der Waals surface area contributed by atoms with E-state index in [1.807, 2.05) is 0 Å². The summed E-state index contributed by atoms with van der Waals surface area (Å²) in [5, 5.41) is 2.84. The Morgan fingerprint density at radius 3 is 2.15 bits per heavy atom. The molecule has 0 unspecified atom stereocenters. The van der Waals surface area contributed by atoms with Crippen molar-refractivity contribution >= 4 is 34.2 Å². The highest BCUT2D eigenvalue weighted by Gasteiger charge is 2.27. The predicted octanol–water partition coefficient (Wildman–Crippen LogP) is 2.52. The zero-order valence-electron chi connectivity index (χ0n) is 14.9. The van der Waals surface area contributed by atoms with Crippen molar-refractivity contribution in [3.63, 3.8) is 0 Å². The van der Waals surface area contributed by atoms with E-state index in [0.29, 0.717) is 17.1 Å². The first-order chi connectivity index (χ1) is 12.7. The second-order valence-corrected chi connectivity index (χ2v) is 7.81.